The maximum absolute atomic E-state index is 9.98. The van der Waals surface area contributed by atoms with Crippen molar-refractivity contribution in [3.63, 3.8) is 0 Å². The van der Waals surface area contributed by atoms with E-state index in [1.165, 1.54) is 0 Å². The summed E-state index contributed by atoms with van der Waals surface area (Å²) in [5.41, 5.74) is 0. The lowest BCUT2D eigenvalue weighted by molar-refractivity contribution is 0.125. The van der Waals surface area contributed by atoms with Crippen molar-refractivity contribution >= 4 is 0 Å². The van der Waals surface area contributed by atoms with Crippen molar-refractivity contribution in [2.45, 2.75) is 51.8 Å². The van der Waals surface area contributed by atoms with Crippen LogP contribution >= 0.6 is 0 Å². The number of aliphatic hydroxyl groups excluding tert-OH is 1. The van der Waals surface area contributed by atoms with Crippen LogP contribution in [0.3, 0.4) is 0 Å². The topological polar surface area (TPSA) is 45.4 Å². The minimum Gasteiger partial charge on any atom is -0.467 e. The number of furan rings is 1. The van der Waals surface area contributed by atoms with E-state index < -0.39 is 6.10 Å². The van der Waals surface area contributed by atoms with Crippen molar-refractivity contribution < 1.29 is 9.52 Å². The Balaban J connectivity index is 2.36. The molecule has 1 aromatic rings. The first kappa shape index (κ1) is 15.0. The van der Waals surface area contributed by atoms with Gasteiger partial charge in [0.25, 0.3) is 0 Å². The molecule has 0 aliphatic carbocycles. The predicted octanol–water partition coefficient (Wildman–Crippen LogP) is 3.28. The van der Waals surface area contributed by atoms with Crippen LogP contribution in [0.15, 0.2) is 35.5 Å². The number of hydrogen-bond donors (Lipinski definition) is 2. The minimum atomic E-state index is -0.538. The van der Waals surface area contributed by atoms with Gasteiger partial charge in [-0.2, -0.15) is 0 Å². The molecule has 0 fully saturated rings. The molecule has 1 rings (SSSR count). The van der Waals surface area contributed by atoms with Gasteiger partial charge in [0.1, 0.15) is 11.9 Å². The van der Waals surface area contributed by atoms with Gasteiger partial charge in [-0.25, -0.2) is 0 Å². The van der Waals surface area contributed by atoms with Gasteiger partial charge in [-0.05, 0) is 44.7 Å². The molecule has 0 amide bonds. The molecule has 18 heavy (non-hydrogen) atoms. The highest BCUT2D eigenvalue weighted by atomic mass is 16.4. The van der Waals surface area contributed by atoms with E-state index in [-0.39, 0.29) is 6.04 Å². The Kier molecular flexibility index (Phi) is 6.16. The molecular formula is C15H25NO2. The lowest BCUT2D eigenvalue weighted by Crippen LogP contribution is -2.39. The van der Waals surface area contributed by atoms with Crippen molar-refractivity contribution in [1.29, 1.82) is 0 Å². The van der Waals surface area contributed by atoms with Gasteiger partial charge in [-0.3, -0.25) is 0 Å². The van der Waals surface area contributed by atoms with Crippen molar-refractivity contribution in [2.24, 2.45) is 5.92 Å². The quantitative estimate of drug-likeness (QED) is 0.697. The molecule has 0 bridgehead atoms. The zero-order valence-electron chi connectivity index (χ0n) is 11.6. The molecule has 2 N–H and O–H groups in total. The van der Waals surface area contributed by atoms with Crippen LogP contribution in [0.4, 0.5) is 0 Å². The third-order valence-corrected chi connectivity index (χ3v) is 3.39. The third kappa shape index (κ3) is 4.67. The van der Waals surface area contributed by atoms with E-state index in [1.807, 2.05) is 6.08 Å². The van der Waals surface area contributed by atoms with Crippen molar-refractivity contribution in [3.05, 3.63) is 36.8 Å². The summed E-state index contributed by atoms with van der Waals surface area (Å²) in [5, 5.41) is 13.5. The van der Waals surface area contributed by atoms with Crippen molar-refractivity contribution in [1.82, 2.24) is 5.32 Å². The summed E-state index contributed by atoms with van der Waals surface area (Å²) >= 11 is 0. The van der Waals surface area contributed by atoms with Crippen molar-refractivity contribution in [2.75, 3.05) is 0 Å². The van der Waals surface area contributed by atoms with Crippen LogP contribution in [0.1, 0.15) is 45.5 Å². The summed E-state index contributed by atoms with van der Waals surface area (Å²) in [4.78, 5) is 0. The summed E-state index contributed by atoms with van der Waals surface area (Å²) in [7, 11) is 0. The van der Waals surface area contributed by atoms with E-state index in [0.717, 1.165) is 6.42 Å². The number of aliphatic hydroxyl groups is 1. The molecule has 1 heterocycles. The fourth-order valence-electron chi connectivity index (χ4n) is 2.08. The lowest BCUT2D eigenvalue weighted by atomic mass is 9.98. The van der Waals surface area contributed by atoms with Gasteiger partial charge in [0, 0.05) is 12.1 Å². The lowest BCUT2D eigenvalue weighted by Gasteiger charge is -2.25. The molecule has 0 saturated carbocycles. The van der Waals surface area contributed by atoms with E-state index in [9.17, 15) is 5.11 Å². The maximum atomic E-state index is 9.98. The van der Waals surface area contributed by atoms with Crippen LogP contribution in [0.25, 0.3) is 0 Å². The van der Waals surface area contributed by atoms with Crippen LogP contribution in [-0.4, -0.2) is 17.2 Å². The standard InChI is InChI=1S/C15H25NO2/c1-5-7-11(2)13(4)16-12(3)10-14(17)15-8-6-9-18-15/h5-6,8-9,11-14,16-17H,1,7,10H2,2-4H3. The molecular weight excluding hydrogens is 226 g/mol. The molecule has 4 atom stereocenters. The second-order valence-electron chi connectivity index (χ2n) is 5.12. The summed E-state index contributed by atoms with van der Waals surface area (Å²) in [6.07, 6.45) is 4.65. The van der Waals surface area contributed by atoms with Crippen LogP contribution in [0, 0.1) is 5.92 Å². The summed E-state index contributed by atoms with van der Waals surface area (Å²) in [5.74, 6) is 1.18. The van der Waals surface area contributed by atoms with E-state index >= 15 is 0 Å². The van der Waals surface area contributed by atoms with Gasteiger partial charge in [-0.15, -0.1) is 6.58 Å². The molecule has 3 nitrogen and oxygen atoms in total. The smallest absolute Gasteiger partial charge is 0.132 e. The van der Waals surface area contributed by atoms with E-state index in [2.05, 4.69) is 32.7 Å². The fourth-order valence-corrected chi connectivity index (χ4v) is 2.08. The number of nitrogens with one attached hydrogen (secondary N) is 1. The molecule has 0 radical (unpaired) electrons. The van der Waals surface area contributed by atoms with E-state index in [1.54, 1.807) is 18.4 Å². The SMILES string of the molecule is C=CCC(C)C(C)NC(C)CC(O)c1ccco1. The molecule has 1 aromatic heterocycles. The Bertz CT molecular complexity index is 334. The van der Waals surface area contributed by atoms with Crippen molar-refractivity contribution in [3.8, 4) is 0 Å². The normalized spacial score (nSPS) is 18.0. The van der Waals surface area contributed by atoms with Crippen LogP contribution in [0.5, 0.6) is 0 Å². The monoisotopic (exact) mass is 251 g/mol. The number of rotatable bonds is 8. The van der Waals surface area contributed by atoms with E-state index in [4.69, 9.17) is 4.42 Å². The van der Waals surface area contributed by atoms with Crippen LogP contribution < -0.4 is 5.32 Å². The Morgan fingerprint density at radius 3 is 2.72 bits per heavy atom. The highest BCUT2D eigenvalue weighted by Gasteiger charge is 2.18. The first-order valence-corrected chi connectivity index (χ1v) is 6.63. The van der Waals surface area contributed by atoms with Gasteiger partial charge in [0.15, 0.2) is 0 Å². The summed E-state index contributed by atoms with van der Waals surface area (Å²) < 4.78 is 5.20. The maximum Gasteiger partial charge on any atom is 0.132 e. The second-order valence-corrected chi connectivity index (χ2v) is 5.12. The zero-order chi connectivity index (χ0) is 13.5. The Hall–Kier alpha value is -1.06. The molecule has 0 aliphatic rings. The van der Waals surface area contributed by atoms with Gasteiger partial charge in [0.2, 0.25) is 0 Å². The Labute approximate surface area is 110 Å². The Morgan fingerprint density at radius 2 is 2.17 bits per heavy atom. The van der Waals surface area contributed by atoms with Gasteiger partial charge in [0.05, 0.1) is 6.26 Å². The average Bonchev–Trinajstić information content (AvgIpc) is 2.82. The molecule has 4 unspecified atom stereocenters. The molecule has 0 spiro atoms. The third-order valence-electron chi connectivity index (χ3n) is 3.39. The molecule has 0 saturated heterocycles. The Morgan fingerprint density at radius 1 is 1.44 bits per heavy atom. The number of hydrogen-bond acceptors (Lipinski definition) is 3. The highest BCUT2D eigenvalue weighted by Crippen LogP contribution is 2.19. The minimum absolute atomic E-state index is 0.243. The van der Waals surface area contributed by atoms with Gasteiger partial charge >= 0.3 is 0 Å². The largest absolute Gasteiger partial charge is 0.467 e. The number of allylic oxidation sites excluding steroid dienone is 1. The average molecular weight is 251 g/mol. The van der Waals surface area contributed by atoms with Crippen LogP contribution in [0.2, 0.25) is 0 Å². The predicted molar refractivity (Wildman–Crippen MR) is 74.3 cm³/mol. The first-order chi connectivity index (χ1) is 8.54. The zero-order valence-corrected chi connectivity index (χ0v) is 11.6. The highest BCUT2D eigenvalue weighted by molar-refractivity contribution is 5.02. The fraction of sp³-hybridized carbons (Fsp3) is 0.600. The molecule has 0 aromatic carbocycles. The molecule has 0 aliphatic heterocycles. The van der Waals surface area contributed by atoms with E-state index in [0.29, 0.717) is 24.1 Å². The van der Waals surface area contributed by atoms with Gasteiger partial charge in [-0.1, -0.05) is 13.0 Å². The summed E-state index contributed by atoms with van der Waals surface area (Å²) in [6, 6.07) is 4.25. The first-order valence-electron chi connectivity index (χ1n) is 6.63. The second kappa shape index (κ2) is 7.39. The summed E-state index contributed by atoms with van der Waals surface area (Å²) in [6.45, 7) is 10.2. The van der Waals surface area contributed by atoms with Crippen LogP contribution in [-0.2, 0) is 0 Å². The molecule has 3 heteroatoms. The molecule has 102 valence electrons. The van der Waals surface area contributed by atoms with Gasteiger partial charge < -0.3 is 14.8 Å².